The third kappa shape index (κ3) is 5.98. The van der Waals surface area contributed by atoms with Crippen molar-refractivity contribution < 1.29 is 9.59 Å². The van der Waals surface area contributed by atoms with E-state index in [9.17, 15) is 9.59 Å². The molecule has 1 atom stereocenters. The summed E-state index contributed by atoms with van der Waals surface area (Å²) in [5.74, 6) is -0.294. The van der Waals surface area contributed by atoms with Crippen LogP contribution in [0, 0.1) is 6.92 Å². The second kappa shape index (κ2) is 10.5. The molecule has 4 nitrogen and oxygen atoms in total. The number of benzene rings is 2. The summed E-state index contributed by atoms with van der Waals surface area (Å²) in [6.07, 6.45) is 0.634. The van der Waals surface area contributed by atoms with Crippen LogP contribution in [0.4, 0.5) is 0 Å². The minimum absolute atomic E-state index is 0.109. The van der Waals surface area contributed by atoms with Crippen LogP contribution in [0.5, 0.6) is 0 Å². The molecule has 0 aliphatic rings. The summed E-state index contributed by atoms with van der Waals surface area (Å²) in [7, 11) is 0. The molecule has 2 rings (SSSR count). The van der Waals surface area contributed by atoms with E-state index in [4.69, 9.17) is 23.2 Å². The van der Waals surface area contributed by atoms with E-state index in [1.807, 2.05) is 45.0 Å². The van der Waals surface area contributed by atoms with E-state index in [1.54, 1.807) is 23.1 Å². The fraction of sp³-hybridized carbons (Fsp3) is 0.364. The lowest BCUT2D eigenvalue weighted by Crippen LogP contribution is -2.49. The van der Waals surface area contributed by atoms with Crippen molar-refractivity contribution in [3.05, 3.63) is 69.2 Å². The minimum atomic E-state index is -0.543. The van der Waals surface area contributed by atoms with Gasteiger partial charge >= 0.3 is 0 Å². The zero-order chi connectivity index (χ0) is 20.7. The van der Waals surface area contributed by atoms with E-state index in [-0.39, 0.29) is 18.2 Å². The van der Waals surface area contributed by atoms with Gasteiger partial charge in [0, 0.05) is 23.1 Å². The fourth-order valence-corrected chi connectivity index (χ4v) is 3.62. The first-order chi connectivity index (χ1) is 13.3. The van der Waals surface area contributed by atoms with Gasteiger partial charge in [-0.05, 0) is 43.5 Å². The van der Waals surface area contributed by atoms with Crippen molar-refractivity contribution in [1.82, 2.24) is 10.2 Å². The molecule has 2 aromatic rings. The average Bonchev–Trinajstić information content (AvgIpc) is 2.64. The first kappa shape index (κ1) is 22.3. The molecule has 0 bridgehead atoms. The molecule has 6 heteroatoms. The summed E-state index contributed by atoms with van der Waals surface area (Å²) in [4.78, 5) is 27.4. The number of halogens is 2. The summed E-state index contributed by atoms with van der Waals surface area (Å²) in [5, 5.41) is 3.80. The smallest absolute Gasteiger partial charge is 0.242 e. The second-order valence-electron chi connectivity index (χ2n) is 6.74. The molecule has 0 fully saturated rings. The number of carbonyl (C=O) groups is 2. The molecule has 28 heavy (non-hydrogen) atoms. The highest BCUT2D eigenvalue weighted by Crippen LogP contribution is 2.23. The number of carbonyl (C=O) groups excluding carboxylic acids is 2. The van der Waals surface area contributed by atoms with E-state index in [0.29, 0.717) is 35.1 Å². The van der Waals surface area contributed by atoms with Crippen molar-refractivity contribution in [3.63, 3.8) is 0 Å². The van der Waals surface area contributed by atoms with Crippen LogP contribution in [-0.4, -0.2) is 29.3 Å². The zero-order valence-corrected chi connectivity index (χ0v) is 18.0. The maximum atomic E-state index is 13.2. The largest absolute Gasteiger partial charge is 0.355 e. The molecule has 0 unspecified atom stereocenters. The third-order valence-electron chi connectivity index (χ3n) is 4.53. The molecule has 0 aliphatic carbocycles. The van der Waals surface area contributed by atoms with Gasteiger partial charge in [0.1, 0.15) is 6.04 Å². The van der Waals surface area contributed by atoms with Gasteiger partial charge in [-0.1, -0.05) is 66.0 Å². The number of hydrogen-bond donors (Lipinski definition) is 1. The van der Waals surface area contributed by atoms with Crippen LogP contribution in [0.15, 0.2) is 42.5 Å². The Kier molecular flexibility index (Phi) is 8.34. The van der Waals surface area contributed by atoms with Crippen LogP contribution in [-0.2, 0) is 22.6 Å². The maximum Gasteiger partial charge on any atom is 0.242 e. The molecular weight excluding hydrogens is 395 g/mol. The monoisotopic (exact) mass is 420 g/mol. The van der Waals surface area contributed by atoms with E-state index in [0.717, 1.165) is 11.1 Å². The summed E-state index contributed by atoms with van der Waals surface area (Å²) >= 11 is 12.2. The number of rotatable bonds is 8. The topological polar surface area (TPSA) is 49.4 Å². The Balaban J connectivity index is 2.32. The van der Waals surface area contributed by atoms with Crippen molar-refractivity contribution in [2.24, 2.45) is 0 Å². The number of nitrogens with zero attached hydrogens (tertiary/aromatic N) is 1. The van der Waals surface area contributed by atoms with Crippen LogP contribution in [0.2, 0.25) is 10.0 Å². The maximum absolute atomic E-state index is 13.2. The molecule has 2 amide bonds. The molecule has 1 N–H and O–H groups in total. The number of likely N-dealkylation sites (N-methyl/N-ethyl adjacent to an activating group) is 1. The van der Waals surface area contributed by atoms with Gasteiger partial charge in [-0.2, -0.15) is 0 Å². The normalized spacial score (nSPS) is 11.8. The Morgan fingerprint density at radius 3 is 2.46 bits per heavy atom. The molecular formula is C22H26Cl2N2O2. The lowest BCUT2D eigenvalue weighted by molar-refractivity contribution is -0.140. The fourth-order valence-electron chi connectivity index (χ4n) is 3.15. The molecule has 0 aromatic heterocycles. The van der Waals surface area contributed by atoms with E-state index in [2.05, 4.69) is 5.32 Å². The standard InChI is InChI=1S/C22H26Cl2N2O2/c1-4-20(22(28)25-5-2)26(14-16-8-6-7-15(3)11-16)21(27)12-17-9-10-18(23)13-19(17)24/h6-11,13,20H,4-5,12,14H2,1-3H3,(H,25,28)/t20-/m1/s1. The Morgan fingerprint density at radius 2 is 1.86 bits per heavy atom. The molecule has 0 saturated heterocycles. The van der Waals surface area contributed by atoms with Crippen molar-refractivity contribution in [3.8, 4) is 0 Å². The highest BCUT2D eigenvalue weighted by atomic mass is 35.5. The predicted molar refractivity (Wildman–Crippen MR) is 115 cm³/mol. The van der Waals surface area contributed by atoms with Gasteiger partial charge in [-0.25, -0.2) is 0 Å². The average molecular weight is 421 g/mol. The van der Waals surface area contributed by atoms with E-state index < -0.39 is 6.04 Å². The quantitative estimate of drug-likeness (QED) is 0.667. The first-order valence-electron chi connectivity index (χ1n) is 9.42. The Morgan fingerprint density at radius 1 is 1.11 bits per heavy atom. The van der Waals surface area contributed by atoms with Crippen LogP contribution < -0.4 is 5.32 Å². The van der Waals surface area contributed by atoms with Gasteiger partial charge < -0.3 is 10.2 Å². The summed E-state index contributed by atoms with van der Waals surface area (Å²) in [6.45, 7) is 6.66. The highest BCUT2D eigenvalue weighted by Gasteiger charge is 2.28. The van der Waals surface area contributed by atoms with Gasteiger partial charge in [0.15, 0.2) is 0 Å². The lowest BCUT2D eigenvalue weighted by Gasteiger charge is -2.31. The molecule has 2 aromatic carbocycles. The van der Waals surface area contributed by atoms with Gasteiger partial charge in [-0.15, -0.1) is 0 Å². The number of aryl methyl sites for hydroxylation is 1. The molecule has 0 heterocycles. The zero-order valence-electron chi connectivity index (χ0n) is 16.5. The van der Waals surface area contributed by atoms with Crippen LogP contribution >= 0.6 is 23.2 Å². The van der Waals surface area contributed by atoms with Gasteiger partial charge in [-0.3, -0.25) is 9.59 Å². The van der Waals surface area contributed by atoms with Crippen molar-refractivity contribution in [2.75, 3.05) is 6.54 Å². The van der Waals surface area contributed by atoms with Crippen LogP contribution in [0.1, 0.15) is 37.0 Å². The van der Waals surface area contributed by atoms with E-state index in [1.165, 1.54) is 0 Å². The number of hydrogen-bond acceptors (Lipinski definition) is 2. The molecule has 0 spiro atoms. The minimum Gasteiger partial charge on any atom is -0.355 e. The lowest BCUT2D eigenvalue weighted by atomic mass is 10.1. The van der Waals surface area contributed by atoms with E-state index >= 15 is 0 Å². The van der Waals surface area contributed by atoms with Crippen LogP contribution in [0.25, 0.3) is 0 Å². The Labute approximate surface area is 176 Å². The summed E-state index contributed by atoms with van der Waals surface area (Å²) in [5.41, 5.74) is 2.78. The van der Waals surface area contributed by atoms with Crippen molar-refractivity contribution >= 4 is 35.0 Å². The SMILES string of the molecule is CCNC(=O)[C@@H](CC)N(Cc1cccc(C)c1)C(=O)Cc1ccc(Cl)cc1Cl. The molecule has 0 radical (unpaired) electrons. The predicted octanol–water partition coefficient (Wildman–Crippen LogP) is 4.79. The van der Waals surface area contributed by atoms with Gasteiger partial charge in [0.25, 0.3) is 0 Å². The van der Waals surface area contributed by atoms with Gasteiger partial charge in [0.2, 0.25) is 11.8 Å². The number of nitrogens with one attached hydrogen (secondary N) is 1. The van der Waals surface area contributed by atoms with Crippen LogP contribution in [0.3, 0.4) is 0 Å². The Bertz CT molecular complexity index is 839. The molecule has 150 valence electrons. The Hall–Kier alpha value is -2.04. The van der Waals surface area contributed by atoms with Gasteiger partial charge in [0.05, 0.1) is 6.42 Å². The third-order valence-corrected chi connectivity index (χ3v) is 5.12. The van der Waals surface area contributed by atoms with Crippen molar-refractivity contribution in [1.29, 1.82) is 0 Å². The highest BCUT2D eigenvalue weighted by molar-refractivity contribution is 6.35. The summed E-state index contributed by atoms with van der Waals surface area (Å²) < 4.78 is 0. The second-order valence-corrected chi connectivity index (χ2v) is 7.59. The molecule has 0 aliphatic heterocycles. The first-order valence-corrected chi connectivity index (χ1v) is 10.2. The number of amides is 2. The molecule has 0 saturated carbocycles. The van der Waals surface area contributed by atoms with Crippen molar-refractivity contribution in [2.45, 2.75) is 46.2 Å². The summed E-state index contributed by atoms with van der Waals surface area (Å²) in [6, 6.07) is 12.5.